The Balaban J connectivity index is 1.93. The minimum absolute atomic E-state index is 0.192. The maximum absolute atomic E-state index is 5.85. The van der Waals surface area contributed by atoms with Gasteiger partial charge in [-0.1, -0.05) is 12.1 Å². The highest BCUT2D eigenvalue weighted by atomic mass is 16.5. The van der Waals surface area contributed by atoms with E-state index >= 15 is 0 Å². The van der Waals surface area contributed by atoms with Gasteiger partial charge >= 0.3 is 0 Å². The Bertz CT molecular complexity index is 632. The molecule has 0 atom stereocenters. The normalized spacial score (nSPS) is 13.1. The zero-order valence-electron chi connectivity index (χ0n) is 12.6. The molecule has 2 aromatic rings. The maximum atomic E-state index is 5.85. The molecule has 21 heavy (non-hydrogen) atoms. The van der Waals surface area contributed by atoms with Gasteiger partial charge in [0, 0.05) is 18.5 Å². The lowest BCUT2D eigenvalue weighted by atomic mass is 9.98. The number of fused-ring (bicyclic) bond motifs is 1. The maximum Gasteiger partial charge on any atom is 0.127 e. The van der Waals surface area contributed by atoms with Crippen molar-refractivity contribution in [2.24, 2.45) is 5.73 Å². The van der Waals surface area contributed by atoms with Crippen LogP contribution in [0.4, 0.5) is 0 Å². The van der Waals surface area contributed by atoms with Gasteiger partial charge in [-0.05, 0) is 54.8 Å². The predicted octanol–water partition coefficient (Wildman–Crippen LogP) is 3.53. The van der Waals surface area contributed by atoms with Crippen molar-refractivity contribution < 1.29 is 9.47 Å². The van der Waals surface area contributed by atoms with Gasteiger partial charge < -0.3 is 15.2 Å². The minimum Gasteiger partial charge on any atom is -0.493 e. The van der Waals surface area contributed by atoms with Crippen molar-refractivity contribution in [1.29, 1.82) is 0 Å². The Kier molecular flexibility index (Phi) is 3.84. The second-order valence-electron chi connectivity index (χ2n) is 5.62. The first-order chi connectivity index (χ1) is 10.2. The van der Waals surface area contributed by atoms with Crippen molar-refractivity contribution in [3.8, 4) is 22.6 Å². The van der Waals surface area contributed by atoms with Crippen LogP contribution in [0.2, 0.25) is 0 Å². The number of benzene rings is 2. The lowest BCUT2D eigenvalue weighted by Crippen LogP contribution is -2.05. The molecule has 2 aromatic carbocycles. The molecule has 110 valence electrons. The molecule has 0 bridgehead atoms. The molecule has 0 unspecified atom stereocenters. The van der Waals surface area contributed by atoms with Gasteiger partial charge in [-0.2, -0.15) is 0 Å². The highest BCUT2D eigenvalue weighted by Crippen LogP contribution is 2.35. The fraction of sp³-hybridized carbons (Fsp3) is 0.333. The van der Waals surface area contributed by atoms with Gasteiger partial charge in [0.15, 0.2) is 0 Å². The number of nitrogens with two attached hydrogens (primary N) is 1. The summed E-state index contributed by atoms with van der Waals surface area (Å²) in [5.41, 5.74) is 10.6. The second-order valence-corrected chi connectivity index (χ2v) is 5.62. The summed E-state index contributed by atoms with van der Waals surface area (Å²) < 4.78 is 11.4. The molecule has 0 radical (unpaired) electrons. The van der Waals surface area contributed by atoms with Crippen molar-refractivity contribution in [1.82, 2.24) is 0 Å². The zero-order valence-corrected chi connectivity index (χ0v) is 12.6. The van der Waals surface area contributed by atoms with Crippen LogP contribution in [-0.4, -0.2) is 12.7 Å². The number of hydrogen-bond acceptors (Lipinski definition) is 3. The van der Waals surface area contributed by atoms with E-state index in [1.54, 1.807) is 0 Å². The molecule has 3 nitrogen and oxygen atoms in total. The first-order valence-electron chi connectivity index (χ1n) is 7.43. The second kappa shape index (κ2) is 5.78. The van der Waals surface area contributed by atoms with Crippen LogP contribution in [0.15, 0.2) is 36.4 Å². The van der Waals surface area contributed by atoms with Crippen molar-refractivity contribution in [2.75, 3.05) is 6.61 Å². The Morgan fingerprint density at radius 2 is 1.90 bits per heavy atom. The molecule has 0 saturated heterocycles. The standard InChI is InChI=1S/C18H21NO2/c1-12(2)21-17-5-3-13(4-6-17)15-9-14-7-8-20-18(14)16(10-15)11-19/h3-6,9-10,12H,7-8,11,19H2,1-2H3. The SMILES string of the molecule is CC(C)Oc1ccc(-c2cc(CN)c3c(c2)CCO3)cc1. The molecule has 0 aliphatic carbocycles. The van der Waals surface area contributed by atoms with Crippen molar-refractivity contribution in [3.05, 3.63) is 47.5 Å². The summed E-state index contributed by atoms with van der Waals surface area (Å²) in [5.74, 6) is 1.89. The molecular weight excluding hydrogens is 262 g/mol. The molecule has 0 amide bonds. The average Bonchev–Trinajstić information content (AvgIpc) is 2.94. The predicted molar refractivity (Wildman–Crippen MR) is 84.7 cm³/mol. The molecule has 1 heterocycles. The summed E-state index contributed by atoms with van der Waals surface area (Å²) in [7, 11) is 0. The molecular formula is C18H21NO2. The molecule has 0 saturated carbocycles. The summed E-state index contributed by atoms with van der Waals surface area (Å²) in [6, 6.07) is 12.6. The number of rotatable bonds is 4. The lowest BCUT2D eigenvalue weighted by Gasteiger charge is -2.12. The number of ether oxygens (including phenoxy) is 2. The van der Waals surface area contributed by atoms with E-state index in [-0.39, 0.29) is 6.10 Å². The van der Waals surface area contributed by atoms with Crippen LogP contribution in [0, 0.1) is 0 Å². The van der Waals surface area contributed by atoms with Crippen molar-refractivity contribution >= 4 is 0 Å². The van der Waals surface area contributed by atoms with E-state index in [0.717, 1.165) is 30.1 Å². The van der Waals surface area contributed by atoms with Crippen LogP contribution in [0.25, 0.3) is 11.1 Å². The smallest absolute Gasteiger partial charge is 0.127 e. The highest BCUT2D eigenvalue weighted by molar-refractivity contribution is 5.68. The van der Waals surface area contributed by atoms with E-state index in [4.69, 9.17) is 15.2 Å². The zero-order chi connectivity index (χ0) is 14.8. The lowest BCUT2D eigenvalue weighted by molar-refractivity contribution is 0.242. The molecule has 0 aromatic heterocycles. The van der Waals surface area contributed by atoms with Crippen molar-refractivity contribution in [2.45, 2.75) is 32.9 Å². The van der Waals surface area contributed by atoms with E-state index < -0.39 is 0 Å². The van der Waals surface area contributed by atoms with Gasteiger partial charge in [-0.15, -0.1) is 0 Å². The molecule has 1 aliphatic heterocycles. The first kappa shape index (κ1) is 14.0. The molecule has 1 aliphatic rings. The monoisotopic (exact) mass is 283 g/mol. The van der Waals surface area contributed by atoms with E-state index in [2.05, 4.69) is 24.3 Å². The Hall–Kier alpha value is -2.00. The topological polar surface area (TPSA) is 44.5 Å². The molecule has 2 N–H and O–H groups in total. The highest BCUT2D eigenvalue weighted by Gasteiger charge is 2.17. The summed E-state index contributed by atoms with van der Waals surface area (Å²) in [6.45, 7) is 5.32. The summed E-state index contributed by atoms with van der Waals surface area (Å²) in [4.78, 5) is 0. The summed E-state index contributed by atoms with van der Waals surface area (Å²) >= 11 is 0. The third-order valence-corrected chi connectivity index (χ3v) is 3.64. The fourth-order valence-electron chi connectivity index (χ4n) is 2.70. The average molecular weight is 283 g/mol. The number of hydrogen-bond donors (Lipinski definition) is 1. The van der Waals surface area contributed by atoms with Crippen LogP contribution in [-0.2, 0) is 13.0 Å². The fourth-order valence-corrected chi connectivity index (χ4v) is 2.70. The van der Waals surface area contributed by atoms with Gasteiger partial charge in [0.2, 0.25) is 0 Å². The van der Waals surface area contributed by atoms with Crippen LogP contribution >= 0.6 is 0 Å². The van der Waals surface area contributed by atoms with Gasteiger partial charge in [-0.25, -0.2) is 0 Å². The third kappa shape index (κ3) is 2.88. The van der Waals surface area contributed by atoms with E-state index in [1.165, 1.54) is 16.7 Å². The van der Waals surface area contributed by atoms with E-state index in [0.29, 0.717) is 6.54 Å². The van der Waals surface area contributed by atoms with Crippen molar-refractivity contribution in [3.63, 3.8) is 0 Å². The quantitative estimate of drug-likeness (QED) is 0.933. The van der Waals surface area contributed by atoms with Gasteiger partial charge in [-0.3, -0.25) is 0 Å². The molecule has 3 rings (SSSR count). The molecule has 0 spiro atoms. The van der Waals surface area contributed by atoms with Gasteiger partial charge in [0.25, 0.3) is 0 Å². The van der Waals surface area contributed by atoms with Gasteiger partial charge in [0.1, 0.15) is 11.5 Å². The van der Waals surface area contributed by atoms with Crippen LogP contribution in [0.5, 0.6) is 11.5 Å². The minimum atomic E-state index is 0.192. The van der Waals surface area contributed by atoms with Crippen LogP contribution in [0.1, 0.15) is 25.0 Å². The van der Waals surface area contributed by atoms with E-state index in [9.17, 15) is 0 Å². The third-order valence-electron chi connectivity index (χ3n) is 3.64. The largest absolute Gasteiger partial charge is 0.493 e. The Labute approximate surface area is 125 Å². The van der Waals surface area contributed by atoms with Crippen LogP contribution in [0.3, 0.4) is 0 Å². The van der Waals surface area contributed by atoms with Crippen LogP contribution < -0.4 is 15.2 Å². The Morgan fingerprint density at radius 3 is 2.57 bits per heavy atom. The molecule has 3 heteroatoms. The molecule has 0 fully saturated rings. The van der Waals surface area contributed by atoms with E-state index in [1.807, 2.05) is 26.0 Å². The Morgan fingerprint density at radius 1 is 1.14 bits per heavy atom. The first-order valence-corrected chi connectivity index (χ1v) is 7.43. The van der Waals surface area contributed by atoms with Gasteiger partial charge in [0.05, 0.1) is 12.7 Å². The summed E-state index contributed by atoms with van der Waals surface area (Å²) in [5, 5.41) is 0. The summed E-state index contributed by atoms with van der Waals surface area (Å²) in [6.07, 6.45) is 1.15.